The second-order valence-electron chi connectivity index (χ2n) is 12.3. The van der Waals surface area contributed by atoms with Crippen molar-refractivity contribution in [1.29, 1.82) is 0 Å². The van der Waals surface area contributed by atoms with Crippen LogP contribution in [0, 0.1) is 5.92 Å². The van der Waals surface area contributed by atoms with E-state index in [1.165, 1.54) is 51.4 Å². The molecule has 4 heteroatoms. The van der Waals surface area contributed by atoms with Gasteiger partial charge in [-0.25, -0.2) is 9.97 Å². The Morgan fingerprint density at radius 1 is 0.605 bits per heavy atom. The van der Waals surface area contributed by atoms with Crippen LogP contribution in [0.5, 0.6) is 11.5 Å². The molecule has 1 saturated carbocycles. The highest BCUT2D eigenvalue weighted by Crippen LogP contribution is 2.68. The molecule has 0 N–H and O–H groups in total. The van der Waals surface area contributed by atoms with Crippen molar-refractivity contribution in [2.24, 2.45) is 5.92 Å². The smallest absolute Gasteiger partial charge is 0.147 e. The number of benzene rings is 5. The summed E-state index contributed by atoms with van der Waals surface area (Å²) in [5, 5.41) is 2.76. The van der Waals surface area contributed by atoms with Crippen molar-refractivity contribution in [2.45, 2.75) is 37.0 Å². The predicted molar refractivity (Wildman–Crippen MR) is 172 cm³/mol. The van der Waals surface area contributed by atoms with Gasteiger partial charge in [0.05, 0.1) is 25.6 Å². The summed E-state index contributed by atoms with van der Waals surface area (Å²) in [6, 6.07) is 35.5. The molecule has 0 spiro atoms. The summed E-state index contributed by atoms with van der Waals surface area (Å²) in [7, 11) is 3.38. The van der Waals surface area contributed by atoms with Crippen molar-refractivity contribution in [1.82, 2.24) is 9.97 Å². The third-order valence-electron chi connectivity index (χ3n) is 10.4. The average Bonchev–Trinajstić information content (AvgIpc) is 3.21. The first-order valence-corrected chi connectivity index (χ1v) is 15.4. The number of aryl methyl sites for hydroxylation is 1. The van der Waals surface area contributed by atoms with E-state index in [1.807, 2.05) is 12.1 Å². The van der Waals surface area contributed by atoms with Gasteiger partial charge in [-0.2, -0.15) is 0 Å². The second-order valence-corrected chi connectivity index (χ2v) is 12.3. The normalized spacial score (nSPS) is 21.4. The third-order valence-corrected chi connectivity index (χ3v) is 10.4. The van der Waals surface area contributed by atoms with E-state index in [0.717, 1.165) is 28.8 Å². The van der Waals surface area contributed by atoms with Crippen LogP contribution >= 0.6 is 0 Å². The minimum Gasteiger partial charge on any atom is -0.494 e. The van der Waals surface area contributed by atoms with Crippen LogP contribution in [0.4, 0.5) is 0 Å². The van der Waals surface area contributed by atoms with Gasteiger partial charge in [0.2, 0.25) is 0 Å². The van der Waals surface area contributed by atoms with E-state index >= 15 is 0 Å². The van der Waals surface area contributed by atoms with E-state index < -0.39 is 0 Å². The van der Waals surface area contributed by atoms with E-state index in [9.17, 15) is 0 Å². The fourth-order valence-electron chi connectivity index (χ4n) is 8.68. The van der Waals surface area contributed by atoms with Crippen molar-refractivity contribution in [3.63, 3.8) is 0 Å². The quantitative estimate of drug-likeness (QED) is 0.212. The van der Waals surface area contributed by atoms with Crippen LogP contribution in [0.2, 0.25) is 0 Å². The molecule has 3 aliphatic carbocycles. The number of ether oxygens (including phenoxy) is 2. The monoisotopic (exact) mass is 560 g/mol. The van der Waals surface area contributed by atoms with Gasteiger partial charge in [-0.15, -0.1) is 0 Å². The first kappa shape index (κ1) is 24.9. The number of aromatic nitrogens is 2. The Balaban J connectivity index is 1.37. The van der Waals surface area contributed by atoms with Crippen molar-refractivity contribution >= 4 is 21.8 Å². The topological polar surface area (TPSA) is 44.2 Å². The van der Waals surface area contributed by atoms with Gasteiger partial charge in [-0.3, -0.25) is 0 Å². The van der Waals surface area contributed by atoms with E-state index in [0.29, 0.717) is 35.2 Å². The molecule has 5 aromatic carbocycles. The largest absolute Gasteiger partial charge is 0.494 e. The maximum absolute atomic E-state index is 5.79. The molecule has 3 aliphatic rings. The molecule has 4 unspecified atom stereocenters. The molecule has 43 heavy (non-hydrogen) atoms. The van der Waals surface area contributed by atoms with Crippen LogP contribution in [-0.4, -0.2) is 24.2 Å². The molecule has 1 aromatic heterocycles. The number of hydrogen-bond acceptors (Lipinski definition) is 4. The van der Waals surface area contributed by atoms with Crippen LogP contribution < -0.4 is 9.47 Å². The number of methoxy groups -OCH3 is 2. The molecule has 6 aromatic rings. The fraction of sp³-hybridized carbons (Fsp3) is 0.231. The summed E-state index contributed by atoms with van der Waals surface area (Å²) in [5.41, 5.74) is 11.5. The lowest BCUT2D eigenvalue weighted by Gasteiger charge is -2.55. The van der Waals surface area contributed by atoms with Gasteiger partial charge in [0.15, 0.2) is 0 Å². The Labute approximate surface area is 251 Å². The van der Waals surface area contributed by atoms with E-state index in [4.69, 9.17) is 19.4 Å². The van der Waals surface area contributed by atoms with Crippen molar-refractivity contribution < 1.29 is 9.47 Å². The number of rotatable bonds is 2. The van der Waals surface area contributed by atoms with Crippen LogP contribution in [-0.2, 0) is 6.42 Å². The van der Waals surface area contributed by atoms with Crippen LogP contribution in [0.1, 0.15) is 52.8 Å². The summed E-state index contributed by atoms with van der Waals surface area (Å²) in [6.45, 7) is 0. The van der Waals surface area contributed by atoms with Gasteiger partial charge in [-0.1, -0.05) is 84.9 Å². The second kappa shape index (κ2) is 9.40. The van der Waals surface area contributed by atoms with Gasteiger partial charge >= 0.3 is 0 Å². The van der Waals surface area contributed by atoms with Crippen LogP contribution in [0.25, 0.3) is 44.3 Å². The average molecular weight is 561 g/mol. The summed E-state index contributed by atoms with van der Waals surface area (Å²) in [4.78, 5) is 10.7. The predicted octanol–water partition coefficient (Wildman–Crippen LogP) is 9.06. The molecule has 0 radical (unpaired) electrons. The zero-order valence-corrected chi connectivity index (χ0v) is 24.4. The summed E-state index contributed by atoms with van der Waals surface area (Å²) in [5.74, 6) is 3.17. The number of fused-ring (bicyclic) bond motifs is 16. The Bertz CT molecular complexity index is 2080. The molecular formula is C39H32N2O2. The van der Waals surface area contributed by atoms with Crippen molar-refractivity contribution in [3.8, 4) is 34.0 Å². The molecule has 4 nitrogen and oxygen atoms in total. The third kappa shape index (κ3) is 3.44. The SMILES string of the molecule is COc1ccc(OC)c2nc3c(nc12)-c1ccccc1C1C2CCCc4ccc5ccccc5c4C2C1c1ccccc1-3. The van der Waals surface area contributed by atoms with Gasteiger partial charge in [-0.05, 0) is 88.1 Å². The lowest BCUT2D eigenvalue weighted by molar-refractivity contribution is 0.149. The first-order chi connectivity index (χ1) is 21.3. The maximum atomic E-state index is 5.79. The summed E-state index contributed by atoms with van der Waals surface area (Å²) >= 11 is 0. The first-order valence-electron chi connectivity index (χ1n) is 15.4. The lowest BCUT2D eigenvalue weighted by Crippen LogP contribution is -2.42. The Hall–Kier alpha value is -4.70. The number of nitrogens with zero attached hydrogens (tertiary/aromatic N) is 2. The Morgan fingerprint density at radius 3 is 1.88 bits per heavy atom. The zero-order valence-electron chi connectivity index (χ0n) is 24.4. The molecule has 9 rings (SSSR count). The lowest BCUT2D eigenvalue weighted by atomic mass is 9.48. The molecule has 1 fully saturated rings. The molecule has 210 valence electrons. The summed E-state index contributed by atoms with van der Waals surface area (Å²) in [6.07, 6.45) is 3.59. The van der Waals surface area contributed by atoms with Gasteiger partial charge in [0, 0.05) is 11.1 Å². The fourth-order valence-corrected chi connectivity index (χ4v) is 8.68. The van der Waals surface area contributed by atoms with E-state index in [2.05, 4.69) is 84.9 Å². The van der Waals surface area contributed by atoms with E-state index in [-0.39, 0.29) is 0 Å². The summed E-state index contributed by atoms with van der Waals surface area (Å²) < 4.78 is 11.6. The number of hydrogen-bond donors (Lipinski definition) is 0. The standard InChI is InChI=1S/C39H32N2O2/c1-42-30-20-21-31(43-2)39-38(30)40-36-27-15-7-5-13-25(27)33-29-17-9-11-23-19-18-22-10-3-4-12-24(22)32(23)35(29)34(33)26-14-6-8-16-28(26)37(36)41-39/h3-8,10,12-16,18-21,29,33-35H,9,11,17H2,1-2H3. The van der Waals surface area contributed by atoms with E-state index in [1.54, 1.807) is 19.8 Å². The minimum absolute atomic E-state index is 0.350. The molecular weight excluding hydrogens is 528 g/mol. The Morgan fingerprint density at radius 2 is 1.21 bits per heavy atom. The molecule has 1 heterocycles. The van der Waals surface area contributed by atoms with Gasteiger partial charge < -0.3 is 9.47 Å². The van der Waals surface area contributed by atoms with Gasteiger partial charge in [0.1, 0.15) is 22.5 Å². The maximum Gasteiger partial charge on any atom is 0.147 e. The molecule has 0 bridgehead atoms. The van der Waals surface area contributed by atoms with Crippen molar-refractivity contribution in [2.75, 3.05) is 14.2 Å². The Kier molecular flexibility index (Phi) is 5.44. The molecule has 0 saturated heterocycles. The highest BCUT2D eigenvalue weighted by atomic mass is 16.5. The zero-order chi connectivity index (χ0) is 28.7. The van der Waals surface area contributed by atoms with Crippen molar-refractivity contribution in [3.05, 3.63) is 119 Å². The molecule has 0 amide bonds. The molecule has 0 aliphatic heterocycles. The highest BCUT2D eigenvalue weighted by molar-refractivity contribution is 5.94. The minimum atomic E-state index is 0.350. The molecule has 4 atom stereocenters. The highest BCUT2D eigenvalue weighted by Gasteiger charge is 2.55. The van der Waals surface area contributed by atoms with Crippen LogP contribution in [0.3, 0.4) is 0 Å². The van der Waals surface area contributed by atoms with Gasteiger partial charge in [0.25, 0.3) is 0 Å². The van der Waals surface area contributed by atoms with Crippen LogP contribution in [0.15, 0.2) is 97.1 Å².